The number of carbonyl (C=O) groups excluding carboxylic acids is 1. The number of carbonyl (C=O) groups is 1. The van der Waals surface area contributed by atoms with E-state index in [1.807, 2.05) is 18.2 Å². The van der Waals surface area contributed by atoms with Gasteiger partial charge in [-0.3, -0.25) is 9.78 Å². The molecule has 0 spiro atoms. The summed E-state index contributed by atoms with van der Waals surface area (Å²) in [6.45, 7) is 3.85. The van der Waals surface area contributed by atoms with Crippen LogP contribution in [0.15, 0.2) is 36.5 Å². The number of amides is 1. The van der Waals surface area contributed by atoms with Crippen LogP contribution in [0.3, 0.4) is 0 Å². The molecule has 1 aromatic heterocycles. The standard InChI is InChI=1S/C19H27N3O/c23-19(21-14-18-8-4-5-11-20-18)17-9-12-22(13-10-17)15-16-6-2-1-3-7-16/h1-2,4-5,8,11,16-17H,3,6-7,9-10,12-15H2,(H,21,23)/t16-/m1/s1. The number of likely N-dealkylation sites (tertiary alicyclic amines) is 1. The minimum atomic E-state index is 0.168. The molecular formula is C19H27N3O. The second-order valence-electron chi connectivity index (χ2n) is 6.76. The van der Waals surface area contributed by atoms with Crippen molar-refractivity contribution in [3.05, 3.63) is 42.2 Å². The number of nitrogens with zero attached hydrogens (tertiary/aromatic N) is 2. The lowest BCUT2D eigenvalue weighted by Crippen LogP contribution is -2.42. The Labute approximate surface area is 139 Å². The summed E-state index contributed by atoms with van der Waals surface area (Å²) in [5, 5.41) is 3.04. The van der Waals surface area contributed by atoms with Gasteiger partial charge in [0, 0.05) is 18.7 Å². The Morgan fingerprint density at radius 1 is 1.22 bits per heavy atom. The van der Waals surface area contributed by atoms with Crippen LogP contribution in [0.1, 0.15) is 37.8 Å². The first kappa shape index (κ1) is 16.2. The minimum absolute atomic E-state index is 0.168. The molecule has 0 bridgehead atoms. The van der Waals surface area contributed by atoms with Crippen molar-refractivity contribution in [2.75, 3.05) is 19.6 Å². The van der Waals surface area contributed by atoms with Gasteiger partial charge in [0.2, 0.25) is 5.91 Å². The lowest BCUT2D eigenvalue weighted by atomic mass is 9.91. The molecule has 0 radical (unpaired) electrons. The number of piperidine rings is 1. The van der Waals surface area contributed by atoms with Crippen molar-refractivity contribution < 1.29 is 4.79 Å². The van der Waals surface area contributed by atoms with Crippen LogP contribution < -0.4 is 5.32 Å². The summed E-state index contributed by atoms with van der Waals surface area (Å²) in [4.78, 5) is 19.1. The maximum absolute atomic E-state index is 12.3. The molecular weight excluding hydrogens is 286 g/mol. The number of pyridine rings is 1. The Bertz CT molecular complexity index is 521. The molecule has 23 heavy (non-hydrogen) atoms. The summed E-state index contributed by atoms with van der Waals surface area (Å²) in [7, 11) is 0. The summed E-state index contributed by atoms with van der Waals surface area (Å²) < 4.78 is 0. The molecule has 1 atom stereocenters. The molecule has 4 nitrogen and oxygen atoms in total. The first-order chi connectivity index (χ1) is 11.3. The normalized spacial score (nSPS) is 22.9. The molecule has 3 rings (SSSR count). The van der Waals surface area contributed by atoms with Crippen LogP contribution in [0.25, 0.3) is 0 Å². The van der Waals surface area contributed by atoms with Crippen LogP contribution >= 0.6 is 0 Å². The van der Waals surface area contributed by atoms with Gasteiger partial charge in [0.1, 0.15) is 0 Å². The van der Waals surface area contributed by atoms with Gasteiger partial charge in [-0.15, -0.1) is 0 Å². The fraction of sp³-hybridized carbons (Fsp3) is 0.579. The van der Waals surface area contributed by atoms with E-state index < -0.39 is 0 Å². The molecule has 0 saturated carbocycles. The van der Waals surface area contributed by atoms with Gasteiger partial charge in [-0.1, -0.05) is 18.2 Å². The zero-order valence-corrected chi connectivity index (χ0v) is 13.8. The van der Waals surface area contributed by atoms with E-state index in [-0.39, 0.29) is 11.8 Å². The Morgan fingerprint density at radius 3 is 2.78 bits per heavy atom. The minimum Gasteiger partial charge on any atom is -0.350 e. The topological polar surface area (TPSA) is 45.2 Å². The lowest BCUT2D eigenvalue weighted by Gasteiger charge is -2.34. The molecule has 124 valence electrons. The number of rotatable bonds is 5. The molecule has 1 aliphatic carbocycles. The van der Waals surface area contributed by atoms with Gasteiger partial charge in [-0.2, -0.15) is 0 Å². The van der Waals surface area contributed by atoms with Crippen molar-refractivity contribution in [1.29, 1.82) is 0 Å². The molecule has 0 aromatic carbocycles. The van der Waals surface area contributed by atoms with E-state index in [1.54, 1.807) is 6.20 Å². The first-order valence-corrected chi connectivity index (χ1v) is 8.86. The summed E-state index contributed by atoms with van der Waals surface area (Å²) in [6, 6.07) is 5.79. The summed E-state index contributed by atoms with van der Waals surface area (Å²) >= 11 is 0. The van der Waals surface area contributed by atoms with E-state index in [0.29, 0.717) is 6.54 Å². The van der Waals surface area contributed by atoms with E-state index in [2.05, 4.69) is 27.4 Å². The lowest BCUT2D eigenvalue weighted by molar-refractivity contribution is -0.126. The molecule has 0 unspecified atom stereocenters. The predicted molar refractivity (Wildman–Crippen MR) is 91.7 cm³/mol. The Morgan fingerprint density at radius 2 is 2.09 bits per heavy atom. The van der Waals surface area contributed by atoms with Gasteiger partial charge in [0.15, 0.2) is 0 Å². The van der Waals surface area contributed by atoms with Gasteiger partial charge >= 0.3 is 0 Å². The molecule has 1 fully saturated rings. The number of nitrogens with one attached hydrogen (secondary N) is 1. The summed E-state index contributed by atoms with van der Waals surface area (Å²) in [5.41, 5.74) is 0.920. The number of hydrogen-bond donors (Lipinski definition) is 1. The van der Waals surface area contributed by atoms with Crippen LogP contribution in [0.5, 0.6) is 0 Å². The van der Waals surface area contributed by atoms with Crippen molar-refractivity contribution in [2.24, 2.45) is 11.8 Å². The molecule has 4 heteroatoms. The fourth-order valence-corrected chi connectivity index (χ4v) is 3.59. The number of allylic oxidation sites excluding steroid dienone is 2. The van der Waals surface area contributed by atoms with Crippen molar-refractivity contribution in [3.8, 4) is 0 Å². The smallest absolute Gasteiger partial charge is 0.223 e. The second-order valence-corrected chi connectivity index (χ2v) is 6.76. The average Bonchev–Trinajstić information content (AvgIpc) is 2.62. The third kappa shape index (κ3) is 4.90. The Hall–Kier alpha value is -1.68. The van der Waals surface area contributed by atoms with Crippen LogP contribution in [0, 0.1) is 11.8 Å². The molecule has 1 saturated heterocycles. The highest BCUT2D eigenvalue weighted by Crippen LogP contribution is 2.23. The number of aromatic nitrogens is 1. The average molecular weight is 313 g/mol. The van der Waals surface area contributed by atoms with Crippen molar-refractivity contribution >= 4 is 5.91 Å². The van der Waals surface area contributed by atoms with Gasteiger partial charge in [0.25, 0.3) is 0 Å². The predicted octanol–water partition coefficient (Wildman–Crippen LogP) is 2.77. The van der Waals surface area contributed by atoms with Gasteiger partial charge in [-0.25, -0.2) is 0 Å². The second kappa shape index (κ2) is 8.25. The summed E-state index contributed by atoms with van der Waals surface area (Å²) in [5.74, 6) is 1.17. The molecule has 2 aliphatic rings. The van der Waals surface area contributed by atoms with Gasteiger partial charge in [0.05, 0.1) is 12.2 Å². The number of hydrogen-bond acceptors (Lipinski definition) is 3. The van der Waals surface area contributed by atoms with E-state index in [4.69, 9.17) is 0 Å². The highest BCUT2D eigenvalue weighted by molar-refractivity contribution is 5.78. The molecule has 1 aliphatic heterocycles. The van der Waals surface area contributed by atoms with E-state index >= 15 is 0 Å². The largest absolute Gasteiger partial charge is 0.350 e. The van der Waals surface area contributed by atoms with E-state index in [9.17, 15) is 4.79 Å². The summed E-state index contributed by atoms with van der Waals surface area (Å²) in [6.07, 6.45) is 12.1. The van der Waals surface area contributed by atoms with Gasteiger partial charge in [-0.05, 0) is 63.2 Å². The maximum atomic E-state index is 12.3. The van der Waals surface area contributed by atoms with Gasteiger partial charge < -0.3 is 10.2 Å². The third-order valence-electron chi connectivity index (χ3n) is 5.02. The highest BCUT2D eigenvalue weighted by Gasteiger charge is 2.26. The Balaban J connectivity index is 1.38. The Kier molecular flexibility index (Phi) is 5.81. The molecule has 1 amide bonds. The van der Waals surface area contributed by atoms with Crippen LogP contribution in [-0.4, -0.2) is 35.4 Å². The third-order valence-corrected chi connectivity index (χ3v) is 5.02. The van der Waals surface area contributed by atoms with Crippen molar-refractivity contribution in [2.45, 2.75) is 38.6 Å². The monoisotopic (exact) mass is 313 g/mol. The van der Waals surface area contributed by atoms with Crippen molar-refractivity contribution in [1.82, 2.24) is 15.2 Å². The SMILES string of the molecule is O=C(NCc1ccccn1)C1CCN(C[C@@H]2CC=CCC2)CC1. The van der Waals surface area contributed by atoms with Crippen LogP contribution in [-0.2, 0) is 11.3 Å². The van der Waals surface area contributed by atoms with E-state index in [0.717, 1.165) is 37.5 Å². The van der Waals surface area contributed by atoms with Crippen LogP contribution in [0.2, 0.25) is 0 Å². The van der Waals surface area contributed by atoms with Crippen LogP contribution in [0.4, 0.5) is 0 Å². The zero-order valence-electron chi connectivity index (χ0n) is 13.8. The maximum Gasteiger partial charge on any atom is 0.223 e. The first-order valence-electron chi connectivity index (χ1n) is 8.86. The van der Waals surface area contributed by atoms with E-state index in [1.165, 1.54) is 25.8 Å². The highest BCUT2D eigenvalue weighted by atomic mass is 16.1. The fourth-order valence-electron chi connectivity index (χ4n) is 3.59. The molecule has 1 N–H and O–H groups in total. The zero-order chi connectivity index (χ0) is 15.9. The molecule has 1 aromatic rings. The molecule has 2 heterocycles. The quantitative estimate of drug-likeness (QED) is 0.850. The van der Waals surface area contributed by atoms with Crippen molar-refractivity contribution in [3.63, 3.8) is 0 Å².